The Morgan fingerprint density at radius 2 is 2.20 bits per heavy atom. The van der Waals surface area contributed by atoms with E-state index in [-0.39, 0.29) is 11.8 Å². The van der Waals surface area contributed by atoms with Gasteiger partial charge in [-0.15, -0.1) is 0 Å². The molecule has 0 aliphatic rings. The number of nitrogens with two attached hydrogens (primary N) is 1. The molecular formula is C13H13FN6. The summed E-state index contributed by atoms with van der Waals surface area (Å²) in [5, 5.41) is 10.5. The molecule has 0 spiro atoms. The highest BCUT2D eigenvalue weighted by Gasteiger charge is 2.08. The van der Waals surface area contributed by atoms with Crippen molar-refractivity contribution in [1.82, 2.24) is 20.2 Å². The number of aromatic amines is 1. The summed E-state index contributed by atoms with van der Waals surface area (Å²) in [5.41, 5.74) is 8.07. The molecule has 3 rings (SSSR count). The standard InChI is InChI=1S/C13H13FN6/c1-7-2-3-9(14)4-8(7)5-16-11-10-6-17-20-12(10)19-13(15)18-11/h2-4,6H,5H2,1H3,(H4,15,16,17,18,19,20). The minimum atomic E-state index is -0.261. The fourth-order valence-corrected chi connectivity index (χ4v) is 2.00. The number of H-pyrrole nitrogens is 1. The van der Waals surface area contributed by atoms with Crippen LogP contribution in [0.15, 0.2) is 24.4 Å². The van der Waals surface area contributed by atoms with Gasteiger partial charge in [-0.1, -0.05) is 6.07 Å². The number of rotatable bonds is 3. The Labute approximate surface area is 114 Å². The molecule has 0 aliphatic carbocycles. The van der Waals surface area contributed by atoms with E-state index in [9.17, 15) is 4.39 Å². The molecule has 0 saturated carbocycles. The lowest BCUT2D eigenvalue weighted by atomic mass is 10.1. The van der Waals surface area contributed by atoms with Gasteiger partial charge in [-0.2, -0.15) is 15.1 Å². The van der Waals surface area contributed by atoms with Crippen molar-refractivity contribution in [1.29, 1.82) is 0 Å². The molecule has 7 heteroatoms. The molecule has 0 atom stereocenters. The highest BCUT2D eigenvalue weighted by molar-refractivity contribution is 5.86. The summed E-state index contributed by atoms with van der Waals surface area (Å²) in [5.74, 6) is 0.466. The molecule has 0 amide bonds. The predicted molar refractivity (Wildman–Crippen MR) is 74.6 cm³/mol. The van der Waals surface area contributed by atoms with Crippen LogP contribution in [0.25, 0.3) is 11.0 Å². The Morgan fingerprint density at radius 1 is 1.35 bits per heavy atom. The van der Waals surface area contributed by atoms with E-state index in [1.54, 1.807) is 12.3 Å². The normalized spacial score (nSPS) is 10.9. The number of nitrogen functional groups attached to an aromatic ring is 1. The van der Waals surface area contributed by atoms with Crippen molar-refractivity contribution in [2.75, 3.05) is 11.1 Å². The molecule has 0 saturated heterocycles. The number of aryl methyl sites for hydroxylation is 1. The van der Waals surface area contributed by atoms with E-state index >= 15 is 0 Å². The topological polar surface area (TPSA) is 92.5 Å². The monoisotopic (exact) mass is 272 g/mol. The largest absolute Gasteiger partial charge is 0.368 e. The number of fused-ring (bicyclic) bond motifs is 1. The summed E-state index contributed by atoms with van der Waals surface area (Å²) in [7, 11) is 0. The van der Waals surface area contributed by atoms with Gasteiger partial charge in [-0.3, -0.25) is 5.10 Å². The van der Waals surface area contributed by atoms with Crippen molar-refractivity contribution in [3.63, 3.8) is 0 Å². The molecule has 1 aromatic carbocycles. The van der Waals surface area contributed by atoms with Crippen LogP contribution in [-0.4, -0.2) is 20.2 Å². The number of benzene rings is 1. The average molecular weight is 272 g/mol. The lowest BCUT2D eigenvalue weighted by Crippen LogP contribution is -2.06. The van der Waals surface area contributed by atoms with Crippen molar-refractivity contribution in [3.05, 3.63) is 41.3 Å². The second-order valence-corrected chi connectivity index (χ2v) is 4.49. The molecule has 2 aromatic heterocycles. The van der Waals surface area contributed by atoms with Gasteiger partial charge in [0.1, 0.15) is 11.6 Å². The zero-order chi connectivity index (χ0) is 14.1. The molecule has 0 radical (unpaired) electrons. The number of nitrogens with one attached hydrogen (secondary N) is 2. The van der Waals surface area contributed by atoms with Crippen molar-refractivity contribution in [3.8, 4) is 0 Å². The lowest BCUT2D eigenvalue weighted by Gasteiger charge is -2.09. The summed E-state index contributed by atoms with van der Waals surface area (Å²) in [6, 6.07) is 4.68. The Bertz CT molecular complexity index is 767. The maximum atomic E-state index is 13.3. The first kappa shape index (κ1) is 12.3. The number of aromatic nitrogens is 4. The van der Waals surface area contributed by atoms with Crippen LogP contribution in [0.3, 0.4) is 0 Å². The van der Waals surface area contributed by atoms with Crippen molar-refractivity contribution >= 4 is 22.8 Å². The Kier molecular flexibility index (Phi) is 2.94. The van der Waals surface area contributed by atoms with Gasteiger partial charge >= 0.3 is 0 Å². The lowest BCUT2D eigenvalue weighted by molar-refractivity contribution is 0.625. The molecular weight excluding hydrogens is 259 g/mol. The van der Waals surface area contributed by atoms with Crippen molar-refractivity contribution in [2.24, 2.45) is 0 Å². The molecule has 0 bridgehead atoms. The van der Waals surface area contributed by atoms with E-state index in [1.165, 1.54) is 12.1 Å². The molecule has 4 N–H and O–H groups in total. The SMILES string of the molecule is Cc1ccc(F)cc1CNc1nc(N)nc2[nH]ncc12. The first-order chi connectivity index (χ1) is 9.63. The van der Waals surface area contributed by atoms with Crippen LogP contribution in [0.4, 0.5) is 16.2 Å². The van der Waals surface area contributed by atoms with E-state index in [0.717, 1.165) is 16.5 Å². The van der Waals surface area contributed by atoms with E-state index < -0.39 is 0 Å². The van der Waals surface area contributed by atoms with Crippen molar-refractivity contribution < 1.29 is 4.39 Å². The minimum absolute atomic E-state index is 0.153. The first-order valence-electron chi connectivity index (χ1n) is 6.09. The summed E-state index contributed by atoms with van der Waals surface area (Å²) in [4.78, 5) is 8.17. The summed E-state index contributed by atoms with van der Waals surface area (Å²) in [6.07, 6.45) is 1.62. The highest BCUT2D eigenvalue weighted by atomic mass is 19.1. The average Bonchev–Trinajstić information content (AvgIpc) is 2.87. The molecule has 6 nitrogen and oxygen atoms in total. The van der Waals surface area contributed by atoms with Gasteiger partial charge in [-0.25, -0.2) is 4.39 Å². The molecule has 20 heavy (non-hydrogen) atoms. The van der Waals surface area contributed by atoms with E-state index in [2.05, 4.69) is 25.5 Å². The van der Waals surface area contributed by atoms with E-state index in [1.807, 2.05) is 6.92 Å². The minimum Gasteiger partial charge on any atom is -0.368 e. The van der Waals surface area contributed by atoms with E-state index in [0.29, 0.717) is 18.0 Å². The van der Waals surface area contributed by atoms with Crippen LogP contribution in [0.2, 0.25) is 0 Å². The summed E-state index contributed by atoms with van der Waals surface area (Å²) in [6.45, 7) is 2.37. The van der Waals surface area contributed by atoms with Gasteiger partial charge in [0.25, 0.3) is 0 Å². The zero-order valence-corrected chi connectivity index (χ0v) is 10.8. The highest BCUT2D eigenvalue weighted by Crippen LogP contribution is 2.20. The van der Waals surface area contributed by atoms with Gasteiger partial charge in [0, 0.05) is 6.54 Å². The van der Waals surface area contributed by atoms with Crippen LogP contribution in [0.5, 0.6) is 0 Å². The van der Waals surface area contributed by atoms with E-state index in [4.69, 9.17) is 5.73 Å². The second-order valence-electron chi connectivity index (χ2n) is 4.49. The quantitative estimate of drug-likeness (QED) is 0.678. The molecule has 2 heterocycles. The van der Waals surface area contributed by atoms with Gasteiger partial charge in [0.15, 0.2) is 5.65 Å². The van der Waals surface area contributed by atoms with Gasteiger partial charge < -0.3 is 11.1 Å². The van der Waals surface area contributed by atoms with Crippen LogP contribution < -0.4 is 11.1 Å². The molecule has 3 aromatic rings. The van der Waals surface area contributed by atoms with Gasteiger partial charge in [0.05, 0.1) is 11.6 Å². The Balaban J connectivity index is 1.90. The number of hydrogen-bond donors (Lipinski definition) is 3. The van der Waals surface area contributed by atoms with Crippen LogP contribution in [-0.2, 0) is 6.54 Å². The maximum Gasteiger partial charge on any atom is 0.224 e. The van der Waals surface area contributed by atoms with Gasteiger partial charge in [0.2, 0.25) is 5.95 Å². The van der Waals surface area contributed by atoms with Crippen LogP contribution in [0.1, 0.15) is 11.1 Å². The fraction of sp³-hybridized carbons (Fsp3) is 0.154. The molecule has 102 valence electrons. The number of anilines is 2. The third kappa shape index (κ3) is 2.25. The number of hydrogen-bond acceptors (Lipinski definition) is 5. The number of halogens is 1. The van der Waals surface area contributed by atoms with Gasteiger partial charge in [-0.05, 0) is 30.2 Å². The summed E-state index contributed by atoms with van der Waals surface area (Å²) < 4.78 is 13.3. The fourth-order valence-electron chi connectivity index (χ4n) is 2.00. The Hall–Kier alpha value is -2.70. The van der Waals surface area contributed by atoms with Crippen molar-refractivity contribution in [2.45, 2.75) is 13.5 Å². The first-order valence-corrected chi connectivity index (χ1v) is 6.09. The Morgan fingerprint density at radius 3 is 3.05 bits per heavy atom. The third-order valence-corrected chi connectivity index (χ3v) is 3.08. The third-order valence-electron chi connectivity index (χ3n) is 3.08. The maximum absolute atomic E-state index is 13.3. The predicted octanol–water partition coefficient (Wildman–Crippen LogP) is 1.99. The smallest absolute Gasteiger partial charge is 0.224 e. The molecule has 0 unspecified atom stereocenters. The zero-order valence-electron chi connectivity index (χ0n) is 10.8. The second kappa shape index (κ2) is 4.76. The van der Waals surface area contributed by atoms with Crippen LogP contribution >= 0.6 is 0 Å². The van der Waals surface area contributed by atoms with Crippen LogP contribution in [0, 0.1) is 12.7 Å². The molecule has 0 aliphatic heterocycles. The summed E-state index contributed by atoms with van der Waals surface area (Å²) >= 11 is 0. The molecule has 0 fully saturated rings. The number of nitrogens with zero attached hydrogens (tertiary/aromatic N) is 3.